The number of anilines is 1. The molecule has 1 atom stereocenters. The number of para-hydroxylation sites is 2. The lowest BCUT2D eigenvalue weighted by atomic mass is 10.0. The zero-order chi connectivity index (χ0) is 18.5. The molecule has 6 heteroatoms. The van der Waals surface area contributed by atoms with Crippen molar-refractivity contribution in [1.29, 1.82) is 0 Å². The van der Waals surface area contributed by atoms with Gasteiger partial charge >= 0.3 is 0 Å². The zero-order valence-corrected chi connectivity index (χ0v) is 15.3. The van der Waals surface area contributed by atoms with Crippen LogP contribution in [0.15, 0.2) is 48.5 Å². The largest absolute Gasteiger partial charge is 0.482 e. The number of ether oxygens (including phenoxy) is 1. The molecule has 0 aromatic heterocycles. The Morgan fingerprint density at radius 1 is 1.23 bits per heavy atom. The molecule has 136 valence electrons. The third kappa shape index (κ3) is 4.17. The molecular weight excluding hydrogens is 352 g/mol. The molecule has 1 unspecified atom stereocenters. The summed E-state index contributed by atoms with van der Waals surface area (Å²) >= 11 is 5.92. The van der Waals surface area contributed by atoms with E-state index in [4.69, 9.17) is 16.3 Å². The Morgan fingerprint density at radius 2 is 1.96 bits per heavy atom. The molecule has 1 N–H and O–H groups in total. The van der Waals surface area contributed by atoms with Crippen LogP contribution in [0.5, 0.6) is 5.75 Å². The van der Waals surface area contributed by atoms with Gasteiger partial charge in [0.2, 0.25) is 5.91 Å². The molecule has 5 nitrogen and oxygen atoms in total. The number of amides is 2. The van der Waals surface area contributed by atoms with Gasteiger partial charge in [-0.05, 0) is 36.2 Å². The molecular formula is C20H21ClN2O3. The molecule has 0 aliphatic carbocycles. The van der Waals surface area contributed by atoms with Crippen LogP contribution in [0.3, 0.4) is 0 Å². The van der Waals surface area contributed by atoms with E-state index in [0.717, 1.165) is 12.0 Å². The molecule has 26 heavy (non-hydrogen) atoms. The Morgan fingerprint density at radius 3 is 2.69 bits per heavy atom. The lowest BCUT2D eigenvalue weighted by Gasteiger charge is -2.29. The number of nitrogens with one attached hydrogen (secondary N) is 1. The van der Waals surface area contributed by atoms with Gasteiger partial charge in [0.15, 0.2) is 6.61 Å². The highest BCUT2D eigenvalue weighted by Crippen LogP contribution is 2.31. The van der Waals surface area contributed by atoms with Gasteiger partial charge in [-0.15, -0.1) is 0 Å². The summed E-state index contributed by atoms with van der Waals surface area (Å²) in [6.07, 6.45) is 0.997. The van der Waals surface area contributed by atoms with Crippen LogP contribution in [0.25, 0.3) is 0 Å². The van der Waals surface area contributed by atoms with Crippen molar-refractivity contribution in [2.75, 3.05) is 18.1 Å². The van der Waals surface area contributed by atoms with Gasteiger partial charge in [0, 0.05) is 18.0 Å². The van der Waals surface area contributed by atoms with Crippen molar-refractivity contribution in [1.82, 2.24) is 5.32 Å². The van der Waals surface area contributed by atoms with E-state index < -0.39 is 0 Å². The molecule has 0 fully saturated rings. The van der Waals surface area contributed by atoms with Gasteiger partial charge in [-0.25, -0.2) is 0 Å². The first-order valence-electron chi connectivity index (χ1n) is 8.65. The van der Waals surface area contributed by atoms with E-state index in [1.807, 2.05) is 55.5 Å². The predicted molar refractivity (Wildman–Crippen MR) is 102 cm³/mol. The molecule has 0 radical (unpaired) electrons. The van der Waals surface area contributed by atoms with Gasteiger partial charge in [-0.1, -0.05) is 42.8 Å². The van der Waals surface area contributed by atoms with E-state index in [1.54, 1.807) is 4.90 Å². The highest BCUT2D eigenvalue weighted by molar-refractivity contribution is 6.30. The topological polar surface area (TPSA) is 58.6 Å². The minimum Gasteiger partial charge on any atom is -0.482 e. The molecule has 2 amide bonds. The maximum atomic E-state index is 12.4. The first-order valence-corrected chi connectivity index (χ1v) is 9.03. The summed E-state index contributed by atoms with van der Waals surface area (Å²) < 4.78 is 5.42. The Balaban J connectivity index is 1.61. The van der Waals surface area contributed by atoms with E-state index in [1.165, 1.54) is 0 Å². The van der Waals surface area contributed by atoms with Crippen molar-refractivity contribution < 1.29 is 14.3 Å². The smallest absolute Gasteiger partial charge is 0.265 e. The number of benzene rings is 2. The number of rotatable bonds is 6. The van der Waals surface area contributed by atoms with Crippen molar-refractivity contribution >= 4 is 29.1 Å². The Labute approximate surface area is 157 Å². The van der Waals surface area contributed by atoms with Crippen molar-refractivity contribution in [2.45, 2.75) is 25.8 Å². The maximum Gasteiger partial charge on any atom is 0.265 e. The van der Waals surface area contributed by atoms with Gasteiger partial charge < -0.3 is 15.0 Å². The summed E-state index contributed by atoms with van der Waals surface area (Å²) in [6.45, 7) is 2.34. The normalized spacial score (nSPS) is 14.4. The van der Waals surface area contributed by atoms with Crippen molar-refractivity contribution in [3.8, 4) is 5.75 Å². The van der Waals surface area contributed by atoms with Crippen LogP contribution in [0.4, 0.5) is 5.69 Å². The summed E-state index contributed by atoms with van der Waals surface area (Å²) in [4.78, 5) is 26.2. The fraction of sp³-hybridized carbons (Fsp3) is 0.300. The molecule has 3 rings (SSSR count). The van der Waals surface area contributed by atoms with Gasteiger partial charge in [0.25, 0.3) is 5.91 Å². The molecule has 2 aromatic carbocycles. The predicted octanol–water partition coefficient (Wildman–Crippen LogP) is 3.72. The average molecular weight is 373 g/mol. The molecule has 1 aliphatic heterocycles. The number of carbonyl (C=O) groups is 2. The zero-order valence-electron chi connectivity index (χ0n) is 14.6. The first kappa shape index (κ1) is 18.3. The number of hydrogen-bond acceptors (Lipinski definition) is 3. The van der Waals surface area contributed by atoms with Crippen LogP contribution in [-0.4, -0.2) is 25.0 Å². The number of fused-ring (bicyclic) bond motifs is 1. The second-order valence-electron chi connectivity index (χ2n) is 6.13. The lowest BCUT2D eigenvalue weighted by Crippen LogP contribution is -2.41. The Kier molecular flexibility index (Phi) is 5.78. The van der Waals surface area contributed by atoms with Crippen LogP contribution in [0.2, 0.25) is 5.02 Å². The van der Waals surface area contributed by atoms with E-state index in [0.29, 0.717) is 23.0 Å². The van der Waals surface area contributed by atoms with E-state index in [9.17, 15) is 9.59 Å². The van der Waals surface area contributed by atoms with Gasteiger partial charge in [0.1, 0.15) is 5.75 Å². The van der Waals surface area contributed by atoms with Crippen molar-refractivity contribution in [2.24, 2.45) is 0 Å². The molecule has 0 spiro atoms. The third-order valence-corrected chi connectivity index (χ3v) is 4.64. The second kappa shape index (κ2) is 8.23. The monoisotopic (exact) mass is 372 g/mol. The average Bonchev–Trinajstić information content (AvgIpc) is 2.66. The molecule has 0 saturated carbocycles. The van der Waals surface area contributed by atoms with E-state index in [2.05, 4.69) is 5.32 Å². The minimum atomic E-state index is -0.138. The van der Waals surface area contributed by atoms with Crippen molar-refractivity contribution in [3.63, 3.8) is 0 Å². The highest BCUT2D eigenvalue weighted by Gasteiger charge is 2.25. The first-order chi connectivity index (χ1) is 12.6. The molecule has 1 aliphatic rings. The fourth-order valence-electron chi connectivity index (χ4n) is 3.00. The van der Waals surface area contributed by atoms with Crippen LogP contribution in [-0.2, 0) is 9.59 Å². The Hall–Kier alpha value is -2.53. The van der Waals surface area contributed by atoms with E-state index >= 15 is 0 Å². The third-order valence-electron chi connectivity index (χ3n) is 4.39. The van der Waals surface area contributed by atoms with Crippen LogP contribution in [0, 0.1) is 0 Å². The molecule has 0 saturated heterocycles. The maximum absolute atomic E-state index is 12.4. The van der Waals surface area contributed by atoms with E-state index in [-0.39, 0.29) is 30.9 Å². The van der Waals surface area contributed by atoms with Gasteiger partial charge in [-0.2, -0.15) is 0 Å². The molecule has 2 aromatic rings. The number of carbonyl (C=O) groups excluding carboxylic acids is 2. The minimum absolute atomic E-state index is 0.000984. The summed E-state index contributed by atoms with van der Waals surface area (Å²) in [6, 6.07) is 14.7. The lowest BCUT2D eigenvalue weighted by molar-refractivity contribution is -0.122. The highest BCUT2D eigenvalue weighted by atomic mass is 35.5. The van der Waals surface area contributed by atoms with Gasteiger partial charge in [0.05, 0.1) is 11.7 Å². The second-order valence-corrected chi connectivity index (χ2v) is 6.57. The molecule has 0 bridgehead atoms. The number of hydrogen-bond donors (Lipinski definition) is 1. The van der Waals surface area contributed by atoms with Crippen molar-refractivity contribution in [3.05, 3.63) is 59.1 Å². The standard InChI is InChI=1S/C20H21ClN2O3/c1-2-16(14-7-9-15(21)10-8-14)22-19(24)11-12-23-17-5-3-4-6-18(17)26-13-20(23)25/h3-10,16H,2,11-13H2,1H3,(H,22,24). The van der Waals surface area contributed by atoms with Gasteiger partial charge in [-0.3, -0.25) is 9.59 Å². The Bertz CT molecular complexity index is 792. The summed E-state index contributed by atoms with van der Waals surface area (Å²) in [7, 11) is 0. The molecule has 1 heterocycles. The SMILES string of the molecule is CCC(NC(=O)CCN1C(=O)COc2ccccc21)c1ccc(Cl)cc1. The summed E-state index contributed by atoms with van der Waals surface area (Å²) in [5, 5.41) is 3.70. The van der Waals surface area contributed by atoms with Crippen LogP contribution < -0.4 is 15.0 Å². The van der Waals surface area contributed by atoms with Crippen LogP contribution in [0.1, 0.15) is 31.4 Å². The quantitative estimate of drug-likeness (QED) is 0.840. The number of halogens is 1. The van der Waals surface area contributed by atoms with Crippen LogP contribution >= 0.6 is 11.6 Å². The number of nitrogens with zero attached hydrogens (tertiary/aromatic N) is 1. The summed E-state index contributed by atoms with van der Waals surface area (Å²) in [5.41, 5.74) is 1.72. The fourth-order valence-corrected chi connectivity index (χ4v) is 3.12. The summed E-state index contributed by atoms with van der Waals surface area (Å²) in [5.74, 6) is 0.435.